The quantitative estimate of drug-likeness (QED) is 0.334. The third-order valence-corrected chi connectivity index (χ3v) is 8.47. The van der Waals surface area contributed by atoms with Gasteiger partial charge in [-0.25, -0.2) is 0 Å². The van der Waals surface area contributed by atoms with Gasteiger partial charge in [0.05, 0.1) is 0 Å². The van der Waals surface area contributed by atoms with E-state index in [9.17, 15) is 0 Å². The average molecular weight is 368 g/mol. The van der Waals surface area contributed by atoms with E-state index < -0.39 is 0 Å². The highest BCUT2D eigenvalue weighted by Crippen LogP contribution is 2.80. The molecule has 0 aliphatic heterocycles. The van der Waals surface area contributed by atoms with Crippen LogP contribution in [-0.4, -0.2) is 0 Å². The van der Waals surface area contributed by atoms with Gasteiger partial charge in [-0.05, 0) is 44.5 Å². The fourth-order valence-electron chi connectivity index (χ4n) is 7.84. The molecule has 29 heavy (non-hydrogen) atoms. The summed E-state index contributed by atoms with van der Waals surface area (Å²) in [5.74, 6) is 1.95. The van der Waals surface area contributed by atoms with Crippen molar-refractivity contribution in [3.05, 3.63) is 142 Å². The van der Waals surface area contributed by atoms with Crippen LogP contribution in [-0.2, 0) is 5.41 Å². The number of hydrogen-bond acceptors (Lipinski definition) is 0. The van der Waals surface area contributed by atoms with Crippen molar-refractivity contribution in [2.75, 3.05) is 0 Å². The lowest BCUT2D eigenvalue weighted by Crippen LogP contribution is -2.56. The number of fused-ring (bicyclic) bond motifs is 4. The first-order chi connectivity index (χ1) is 14.4. The minimum Gasteiger partial charge on any atom is -0.0620 e. The molecule has 0 amide bonds. The zero-order valence-corrected chi connectivity index (χ0v) is 16.0. The third-order valence-electron chi connectivity index (χ3n) is 8.47. The second-order valence-corrected chi connectivity index (χ2v) is 9.23. The van der Waals surface area contributed by atoms with Crippen molar-refractivity contribution in [2.24, 2.45) is 0 Å². The molecule has 2 bridgehead atoms. The van der Waals surface area contributed by atoms with E-state index in [1.54, 1.807) is 44.5 Å². The van der Waals surface area contributed by atoms with E-state index >= 15 is 0 Å². The Morgan fingerprint density at radius 2 is 0.828 bits per heavy atom. The molecule has 3 unspecified atom stereocenters. The Labute approximate surface area is 170 Å². The molecule has 0 saturated heterocycles. The largest absolute Gasteiger partial charge is 0.0620 e. The summed E-state index contributed by atoms with van der Waals surface area (Å²) in [6, 6.07) is 37.2. The Bertz CT molecular complexity index is 1290. The fraction of sp³-hybridized carbons (Fsp3) is 0.172. The van der Waals surface area contributed by atoms with Crippen LogP contribution in [0.3, 0.4) is 0 Å². The Morgan fingerprint density at radius 3 is 1.45 bits per heavy atom. The summed E-state index contributed by atoms with van der Waals surface area (Å²) in [6.45, 7) is 0. The lowest BCUT2D eigenvalue weighted by molar-refractivity contribution is 0.203. The van der Waals surface area contributed by atoms with Crippen molar-refractivity contribution < 1.29 is 0 Å². The molecule has 0 N–H and O–H groups in total. The van der Waals surface area contributed by atoms with Crippen LogP contribution in [0.5, 0.6) is 0 Å². The van der Waals surface area contributed by atoms with E-state index in [1.165, 1.54) is 0 Å². The monoisotopic (exact) mass is 368 g/mol. The second kappa shape index (κ2) is 4.71. The van der Waals surface area contributed by atoms with Crippen LogP contribution >= 0.6 is 0 Å². The van der Waals surface area contributed by atoms with Gasteiger partial charge in [-0.15, -0.1) is 0 Å². The molecule has 0 aromatic heterocycles. The molecule has 0 radical (unpaired) electrons. The van der Waals surface area contributed by atoms with Crippen molar-refractivity contribution in [1.82, 2.24) is 0 Å². The van der Waals surface area contributed by atoms with Crippen molar-refractivity contribution >= 4 is 0 Å². The zero-order valence-electron chi connectivity index (χ0n) is 16.0. The van der Waals surface area contributed by atoms with Crippen molar-refractivity contribution in [3.63, 3.8) is 0 Å². The van der Waals surface area contributed by atoms with Crippen LogP contribution in [0.4, 0.5) is 0 Å². The van der Waals surface area contributed by atoms with Crippen LogP contribution in [0.25, 0.3) is 0 Å². The standard InChI is InChI=1S/C29H20/c1-3-11-19-17(9-1)25-18-10-2-4-12-20(18)26(19)29-24-16-8-7-15-23(24)27(29)21-13-5-6-14-22(21)28(25)29/h1-16,25-28H. The maximum atomic E-state index is 2.43. The van der Waals surface area contributed by atoms with E-state index in [0.717, 1.165) is 0 Å². The molecule has 9 rings (SSSR count). The molecule has 4 aromatic carbocycles. The van der Waals surface area contributed by atoms with E-state index in [-0.39, 0.29) is 5.41 Å². The lowest BCUT2D eigenvalue weighted by Gasteiger charge is -2.63. The molecule has 5 aliphatic carbocycles. The zero-order chi connectivity index (χ0) is 18.7. The minimum atomic E-state index is 0.174. The summed E-state index contributed by atoms with van der Waals surface area (Å²) in [5, 5.41) is 0. The summed E-state index contributed by atoms with van der Waals surface area (Å²) >= 11 is 0. The highest BCUT2D eigenvalue weighted by Gasteiger charge is 2.71. The van der Waals surface area contributed by atoms with Gasteiger partial charge in [0.1, 0.15) is 0 Å². The van der Waals surface area contributed by atoms with Crippen molar-refractivity contribution in [2.45, 2.75) is 29.1 Å². The molecular weight excluding hydrogens is 348 g/mol. The molecular formula is C29H20. The van der Waals surface area contributed by atoms with Gasteiger partial charge in [0.2, 0.25) is 0 Å². The van der Waals surface area contributed by atoms with Gasteiger partial charge >= 0.3 is 0 Å². The van der Waals surface area contributed by atoms with Gasteiger partial charge in [0.25, 0.3) is 0 Å². The minimum absolute atomic E-state index is 0.174. The molecule has 4 aromatic rings. The van der Waals surface area contributed by atoms with Crippen LogP contribution in [0, 0.1) is 0 Å². The van der Waals surface area contributed by atoms with Gasteiger partial charge in [-0.1, -0.05) is 97.1 Å². The summed E-state index contributed by atoms with van der Waals surface area (Å²) < 4.78 is 0. The fourth-order valence-corrected chi connectivity index (χ4v) is 7.84. The van der Waals surface area contributed by atoms with Crippen LogP contribution in [0.1, 0.15) is 68.2 Å². The Morgan fingerprint density at radius 1 is 0.414 bits per heavy atom. The van der Waals surface area contributed by atoms with Crippen molar-refractivity contribution in [3.8, 4) is 0 Å². The topological polar surface area (TPSA) is 0 Å². The van der Waals surface area contributed by atoms with Crippen molar-refractivity contribution in [1.29, 1.82) is 0 Å². The summed E-state index contributed by atoms with van der Waals surface area (Å²) in [4.78, 5) is 0. The van der Waals surface area contributed by atoms with Gasteiger partial charge in [-0.3, -0.25) is 0 Å². The molecule has 0 nitrogen and oxygen atoms in total. The highest BCUT2D eigenvalue weighted by atomic mass is 14.7. The molecule has 5 aliphatic rings. The Hall–Kier alpha value is -3.12. The molecule has 1 spiro atoms. The molecule has 0 fully saturated rings. The Kier molecular flexibility index (Phi) is 2.41. The number of benzene rings is 4. The average Bonchev–Trinajstić information content (AvgIpc) is 3.05. The first-order valence-corrected chi connectivity index (χ1v) is 10.8. The molecule has 0 heterocycles. The van der Waals surface area contributed by atoms with Gasteiger partial charge < -0.3 is 0 Å². The molecule has 0 saturated carbocycles. The summed E-state index contributed by atoms with van der Waals surface area (Å²) in [5.41, 5.74) is 12.8. The van der Waals surface area contributed by atoms with Gasteiger partial charge in [0.15, 0.2) is 0 Å². The predicted molar refractivity (Wildman–Crippen MR) is 116 cm³/mol. The summed E-state index contributed by atoms with van der Waals surface area (Å²) in [7, 11) is 0. The molecule has 3 atom stereocenters. The number of hydrogen-bond donors (Lipinski definition) is 0. The first kappa shape index (κ1) is 14.8. The second-order valence-electron chi connectivity index (χ2n) is 9.23. The summed E-state index contributed by atoms with van der Waals surface area (Å²) in [6.07, 6.45) is 0. The van der Waals surface area contributed by atoms with Crippen LogP contribution in [0.2, 0.25) is 0 Å². The maximum Gasteiger partial charge on any atom is 0.0252 e. The van der Waals surface area contributed by atoms with E-state index in [4.69, 9.17) is 0 Å². The smallest absolute Gasteiger partial charge is 0.0252 e. The normalized spacial score (nSPS) is 30.9. The molecule has 136 valence electrons. The van der Waals surface area contributed by atoms with E-state index in [0.29, 0.717) is 23.7 Å². The first-order valence-electron chi connectivity index (χ1n) is 10.8. The highest BCUT2D eigenvalue weighted by molar-refractivity contribution is 5.75. The van der Waals surface area contributed by atoms with Crippen LogP contribution < -0.4 is 0 Å². The molecule has 0 heteroatoms. The lowest BCUT2D eigenvalue weighted by atomic mass is 9.38. The van der Waals surface area contributed by atoms with Gasteiger partial charge in [0, 0.05) is 29.1 Å². The van der Waals surface area contributed by atoms with Gasteiger partial charge in [-0.2, -0.15) is 0 Å². The van der Waals surface area contributed by atoms with E-state index in [1.807, 2.05) is 0 Å². The SMILES string of the molecule is c1ccc2c(c1)C1c3ccccc3C2C23c4ccccc4C2c2ccccc2C13. The maximum absolute atomic E-state index is 2.43. The van der Waals surface area contributed by atoms with E-state index in [2.05, 4.69) is 97.1 Å². The third kappa shape index (κ3) is 1.39. The number of rotatable bonds is 0. The van der Waals surface area contributed by atoms with Crippen LogP contribution in [0.15, 0.2) is 97.1 Å². The predicted octanol–water partition coefficient (Wildman–Crippen LogP) is 6.46. The Balaban J connectivity index is 1.57.